The Kier molecular flexibility index (Phi) is 4.97. The Morgan fingerprint density at radius 3 is 1.56 bits per heavy atom. The van der Waals surface area contributed by atoms with Gasteiger partial charge in [-0.15, -0.1) is 0 Å². The maximum Gasteiger partial charge on any atom is 0.309 e. The predicted molar refractivity (Wildman–Crippen MR) is 61.3 cm³/mol. The summed E-state index contributed by atoms with van der Waals surface area (Å²) in [5.41, 5.74) is -1.87. The van der Waals surface area contributed by atoms with Gasteiger partial charge in [0.2, 0.25) is 0 Å². The van der Waals surface area contributed by atoms with Crippen LogP contribution >= 0.6 is 0 Å². The first-order chi connectivity index (χ1) is 7.28. The van der Waals surface area contributed by atoms with Gasteiger partial charge in [-0.2, -0.15) is 0 Å². The summed E-state index contributed by atoms with van der Waals surface area (Å²) in [5.74, 6) is -1.80. The fourth-order valence-electron chi connectivity index (χ4n) is 1.98. The molecule has 0 fully saturated rings. The zero-order valence-electron chi connectivity index (χ0n) is 10.5. The normalized spacial score (nSPS) is 15.5. The lowest BCUT2D eigenvalue weighted by molar-refractivity contribution is -0.158. The van der Waals surface area contributed by atoms with E-state index in [-0.39, 0.29) is 6.42 Å². The molecule has 94 valence electrons. The standard InChI is InChI=1S/C12H22O4/c1-5-11(4,9(13)14)8-12(6-2,7-3)10(15)16/h5-8H2,1-4H3,(H,13,14)(H,15,16). The second-order valence-corrected chi connectivity index (χ2v) is 4.69. The van der Waals surface area contributed by atoms with E-state index in [1.54, 1.807) is 27.7 Å². The third-order valence-corrected chi connectivity index (χ3v) is 3.83. The first-order valence-electron chi connectivity index (χ1n) is 5.74. The monoisotopic (exact) mass is 230 g/mol. The van der Waals surface area contributed by atoms with Crippen molar-refractivity contribution in [1.82, 2.24) is 0 Å². The predicted octanol–water partition coefficient (Wildman–Crippen LogP) is 2.77. The first-order valence-corrected chi connectivity index (χ1v) is 5.74. The van der Waals surface area contributed by atoms with E-state index in [0.717, 1.165) is 0 Å². The van der Waals surface area contributed by atoms with Crippen LogP contribution in [0.1, 0.15) is 53.4 Å². The van der Waals surface area contributed by atoms with Gasteiger partial charge in [-0.3, -0.25) is 9.59 Å². The molecule has 0 aliphatic rings. The highest BCUT2D eigenvalue weighted by atomic mass is 16.4. The maximum atomic E-state index is 11.3. The highest BCUT2D eigenvalue weighted by Crippen LogP contribution is 2.41. The molecule has 0 saturated carbocycles. The molecule has 0 aromatic heterocycles. The van der Waals surface area contributed by atoms with Crippen molar-refractivity contribution < 1.29 is 19.8 Å². The van der Waals surface area contributed by atoms with Crippen molar-refractivity contribution >= 4 is 11.9 Å². The van der Waals surface area contributed by atoms with E-state index in [1.165, 1.54) is 0 Å². The molecular formula is C12H22O4. The summed E-state index contributed by atoms with van der Waals surface area (Å²) >= 11 is 0. The molecule has 0 aliphatic heterocycles. The highest BCUT2D eigenvalue weighted by Gasteiger charge is 2.44. The number of carboxylic acids is 2. The second-order valence-electron chi connectivity index (χ2n) is 4.69. The molecule has 0 aromatic carbocycles. The van der Waals surface area contributed by atoms with Gasteiger partial charge in [0.15, 0.2) is 0 Å². The van der Waals surface area contributed by atoms with Crippen LogP contribution in [0.25, 0.3) is 0 Å². The molecule has 0 amide bonds. The molecule has 0 aliphatic carbocycles. The number of hydrogen-bond acceptors (Lipinski definition) is 2. The SMILES string of the molecule is CCC(C)(CC(CC)(CC)C(=O)O)C(=O)O. The summed E-state index contributed by atoms with van der Waals surface area (Å²) in [5, 5.41) is 18.4. The minimum atomic E-state index is -0.954. The van der Waals surface area contributed by atoms with Gasteiger partial charge in [-0.05, 0) is 32.6 Å². The molecule has 4 heteroatoms. The van der Waals surface area contributed by atoms with Gasteiger partial charge >= 0.3 is 11.9 Å². The van der Waals surface area contributed by atoms with Crippen molar-refractivity contribution in [1.29, 1.82) is 0 Å². The summed E-state index contributed by atoms with van der Waals surface area (Å²) < 4.78 is 0. The first kappa shape index (κ1) is 14.9. The van der Waals surface area contributed by atoms with Gasteiger partial charge < -0.3 is 10.2 Å². The molecule has 0 bridgehead atoms. The van der Waals surface area contributed by atoms with E-state index in [2.05, 4.69) is 0 Å². The molecular weight excluding hydrogens is 208 g/mol. The number of carboxylic acid groups (broad SMARTS) is 2. The van der Waals surface area contributed by atoms with Crippen LogP contribution in [-0.4, -0.2) is 22.2 Å². The third kappa shape index (κ3) is 2.74. The Labute approximate surface area is 96.7 Å². The van der Waals surface area contributed by atoms with Gasteiger partial charge in [0.1, 0.15) is 0 Å². The van der Waals surface area contributed by atoms with E-state index in [1.807, 2.05) is 0 Å². The summed E-state index contributed by atoms with van der Waals surface area (Å²) in [7, 11) is 0. The molecule has 0 heterocycles. The fraction of sp³-hybridized carbons (Fsp3) is 0.833. The Hall–Kier alpha value is -1.06. The largest absolute Gasteiger partial charge is 0.481 e. The fourth-order valence-corrected chi connectivity index (χ4v) is 1.98. The van der Waals surface area contributed by atoms with Crippen molar-refractivity contribution in [2.45, 2.75) is 53.4 Å². The van der Waals surface area contributed by atoms with E-state index >= 15 is 0 Å². The number of carbonyl (C=O) groups is 2. The van der Waals surface area contributed by atoms with Gasteiger partial charge in [0.05, 0.1) is 10.8 Å². The summed E-state index contributed by atoms with van der Waals surface area (Å²) in [6, 6.07) is 0. The minimum Gasteiger partial charge on any atom is -0.481 e. The minimum absolute atomic E-state index is 0.189. The Bertz CT molecular complexity index is 268. The number of aliphatic carboxylic acids is 2. The average Bonchev–Trinajstić information content (AvgIpc) is 2.25. The smallest absolute Gasteiger partial charge is 0.309 e. The van der Waals surface area contributed by atoms with E-state index in [4.69, 9.17) is 0 Å². The van der Waals surface area contributed by atoms with Crippen LogP contribution < -0.4 is 0 Å². The van der Waals surface area contributed by atoms with Crippen molar-refractivity contribution in [2.75, 3.05) is 0 Å². The summed E-state index contributed by atoms with van der Waals surface area (Å²) in [6.07, 6.45) is 1.55. The lowest BCUT2D eigenvalue weighted by Crippen LogP contribution is -2.39. The van der Waals surface area contributed by atoms with Crippen molar-refractivity contribution in [3.8, 4) is 0 Å². The molecule has 0 radical (unpaired) electrons. The van der Waals surface area contributed by atoms with Crippen molar-refractivity contribution in [3.63, 3.8) is 0 Å². The van der Waals surface area contributed by atoms with Gasteiger partial charge in [-0.1, -0.05) is 20.8 Å². The maximum absolute atomic E-state index is 11.3. The van der Waals surface area contributed by atoms with E-state index < -0.39 is 22.8 Å². The molecule has 0 aromatic rings. The van der Waals surface area contributed by atoms with Gasteiger partial charge in [-0.25, -0.2) is 0 Å². The number of rotatable bonds is 7. The van der Waals surface area contributed by atoms with Gasteiger partial charge in [0.25, 0.3) is 0 Å². The van der Waals surface area contributed by atoms with Crippen LogP contribution in [0.3, 0.4) is 0 Å². The van der Waals surface area contributed by atoms with Crippen LogP contribution in [0.4, 0.5) is 0 Å². The quantitative estimate of drug-likeness (QED) is 0.705. The molecule has 0 rings (SSSR count). The van der Waals surface area contributed by atoms with Gasteiger partial charge in [0, 0.05) is 0 Å². The third-order valence-electron chi connectivity index (χ3n) is 3.83. The zero-order valence-corrected chi connectivity index (χ0v) is 10.5. The summed E-state index contributed by atoms with van der Waals surface area (Å²) in [6.45, 7) is 7.01. The highest BCUT2D eigenvalue weighted by molar-refractivity contribution is 5.78. The van der Waals surface area contributed by atoms with Crippen LogP contribution in [-0.2, 0) is 9.59 Å². The molecule has 4 nitrogen and oxygen atoms in total. The van der Waals surface area contributed by atoms with Crippen LogP contribution in [0.2, 0.25) is 0 Å². The zero-order chi connectivity index (χ0) is 13.0. The molecule has 2 N–H and O–H groups in total. The van der Waals surface area contributed by atoms with Crippen LogP contribution in [0.5, 0.6) is 0 Å². The molecule has 0 spiro atoms. The lowest BCUT2D eigenvalue weighted by Gasteiger charge is -2.35. The van der Waals surface area contributed by atoms with Crippen LogP contribution in [0.15, 0.2) is 0 Å². The Balaban J connectivity index is 5.15. The van der Waals surface area contributed by atoms with Crippen molar-refractivity contribution in [3.05, 3.63) is 0 Å². The summed E-state index contributed by atoms with van der Waals surface area (Å²) in [4.78, 5) is 22.5. The van der Waals surface area contributed by atoms with Crippen molar-refractivity contribution in [2.24, 2.45) is 10.8 Å². The molecule has 1 unspecified atom stereocenters. The molecule has 16 heavy (non-hydrogen) atoms. The molecule has 0 saturated heterocycles. The Morgan fingerprint density at radius 1 is 0.938 bits per heavy atom. The second kappa shape index (κ2) is 5.32. The van der Waals surface area contributed by atoms with E-state index in [9.17, 15) is 19.8 Å². The number of hydrogen-bond donors (Lipinski definition) is 2. The van der Waals surface area contributed by atoms with Crippen LogP contribution in [0, 0.1) is 10.8 Å². The average molecular weight is 230 g/mol. The Morgan fingerprint density at radius 2 is 1.38 bits per heavy atom. The lowest BCUT2D eigenvalue weighted by atomic mass is 9.68. The topological polar surface area (TPSA) is 74.6 Å². The molecule has 1 atom stereocenters. The van der Waals surface area contributed by atoms with E-state index in [0.29, 0.717) is 19.3 Å².